The number of aliphatic carboxylic acids is 1. The van der Waals surface area contributed by atoms with Gasteiger partial charge in [-0.3, -0.25) is 4.79 Å². The van der Waals surface area contributed by atoms with Crippen molar-refractivity contribution in [2.45, 2.75) is 115 Å². The number of carbonyl (C=O) groups excluding carboxylic acids is 3. The van der Waals surface area contributed by atoms with E-state index in [4.69, 9.17) is 4.74 Å². The van der Waals surface area contributed by atoms with Crippen LogP contribution in [0.25, 0.3) is 0 Å². The third-order valence-corrected chi connectivity index (χ3v) is 5.40. The fraction of sp³-hybridized carbons (Fsp3) is 0.880. The van der Waals surface area contributed by atoms with Crippen molar-refractivity contribution >= 4 is 18.2 Å². The van der Waals surface area contributed by atoms with Gasteiger partial charge in [-0.2, -0.15) is 0 Å². The number of aldehydes is 1. The molecule has 0 spiro atoms. The number of hydrogen-bond donors (Lipinski definition) is 0. The summed E-state index contributed by atoms with van der Waals surface area (Å²) in [5, 5.41) is 10.9. The van der Waals surface area contributed by atoms with E-state index in [1.54, 1.807) is 0 Å². The molecule has 1 unspecified atom stereocenters. The number of nitrogens with zero attached hydrogens (tertiary/aromatic N) is 1. The molecular formula is C25H47NO5. The molecular weight excluding hydrogens is 394 g/mol. The van der Waals surface area contributed by atoms with E-state index in [-0.39, 0.29) is 12.4 Å². The maximum Gasteiger partial charge on any atom is 0.306 e. The summed E-state index contributed by atoms with van der Waals surface area (Å²) in [6.07, 6.45) is 18.0. The molecule has 0 saturated heterocycles. The maximum atomic E-state index is 12.0. The number of carbonyl (C=O) groups is 3. The minimum Gasteiger partial charge on any atom is -0.550 e. The lowest BCUT2D eigenvalue weighted by Crippen LogP contribution is -2.45. The number of carboxylic acid groups (broad SMARTS) is 1. The molecule has 0 fully saturated rings. The van der Waals surface area contributed by atoms with Crippen molar-refractivity contribution in [3.05, 3.63) is 0 Å². The monoisotopic (exact) mass is 441 g/mol. The molecule has 0 radical (unpaired) electrons. The van der Waals surface area contributed by atoms with Gasteiger partial charge in [0.1, 0.15) is 12.8 Å². The summed E-state index contributed by atoms with van der Waals surface area (Å²) in [5.74, 6) is -1.49. The minimum absolute atomic E-state index is 0.247. The fourth-order valence-corrected chi connectivity index (χ4v) is 3.80. The highest BCUT2D eigenvalue weighted by atomic mass is 16.5. The number of ether oxygens (including phenoxy) is 1. The number of rotatable bonds is 22. The van der Waals surface area contributed by atoms with Crippen molar-refractivity contribution in [3.8, 4) is 0 Å². The van der Waals surface area contributed by atoms with Gasteiger partial charge < -0.3 is 23.9 Å². The summed E-state index contributed by atoms with van der Waals surface area (Å²) in [5.41, 5.74) is 0. The zero-order chi connectivity index (χ0) is 23.4. The van der Waals surface area contributed by atoms with Crippen LogP contribution in [0.15, 0.2) is 0 Å². The van der Waals surface area contributed by atoms with Crippen molar-refractivity contribution in [1.82, 2.24) is 0 Å². The van der Waals surface area contributed by atoms with Gasteiger partial charge in [0.2, 0.25) is 0 Å². The summed E-state index contributed by atoms with van der Waals surface area (Å²) >= 11 is 0. The van der Waals surface area contributed by atoms with Gasteiger partial charge in [-0.25, -0.2) is 0 Å². The van der Waals surface area contributed by atoms with E-state index in [1.165, 1.54) is 64.2 Å². The highest BCUT2D eigenvalue weighted by molar-refractivity contribution is 5.70. The Labute approximate surface area is 190 Å². The lowest BCUT2D eigenvalue weighted by molar-refractivity contribution is -0.873. The van der Waals surface area contributed by atoms with Gasteiger partial charge in [0.15, 0.2) is 6.10 Å². The van der Waals surface area contributed by atoms with Gasteiger partial charge in [-0.15, -0.1) is 0 Å². The smallest absolute Gasteiger partial charge is 0.306 e. The average Bonchev–Trinajstić information content (AvgIpc) is 2.65. The van der Waals surface area contributed by atoms with Crippen LogP contribution in [-0.4, -0.2) is 56.5 Å². The van der Waals surface area contributed by atoms with E-state index < -0.39 is 12.1 Å². The second kappa shape index (κ2) is 19.3. The number of hydrogen-bond acceptors (Lipinski definition) is 5. The SMILES string of the molecule is C[N+](C)(C)CC(CC(=O)[O-])OC(=O)CCCCCCCCCCCCCCCCC=O. The Bertz CT molecular complexity index is 473. The van der Waals surface area contributed by atoms with Gasteiger partial charge in [0, 0.05) is 25.2 Å². The van der Waals surface area contributed by atoms with Gasteiger partial charge >= 0.3 is 5.97 Å². The molecule has 0 amide bonds. The summed E-state index contributed by atoms with van der Waals surface area (Å²) in [6.45, 7) is 0.459. The predicted molar refractivity (Wildman–Crippen MR) is 122 cm³/mol. The summed E-state index contributed by atoms with van der Waals surface area (Å²) in [7, 11) is 5.82. The molecule has 0 aliphatic rings. The van der Waals surface area contributed by atoms with Crippen molar-refractivity contribution in [2.75, 3.05) is 27.7 Å². The number of quaternary nitrogens is 1. The second-order valence-electron chi connectivity index (χ2n) is 9.82. The van der Waals surface area contributed by atoms with Crippen molar-refractivity contribution in [3.63, 3.8) is 0 Å². The molecule has 0 aromatic carbocycles. The highest BCUT2D eigenvalue weighted by Gasteiger charge is 2.22. The molecule has 0 saturated carbocycles. The van der Waals surface area contributed by atoms with Crippen LogP contribution in [0.1, 0.15) is 109 Å². The quantitative estimate of drug-likeness (QED) is 0.109. The number of esters is 1. The molecule has 0 bridgehead atoms. The number of likely N-dealkylation sites (N-methyl/N-ethyl adjacent to an activating group) is 1. The largest absolute Gasteiger partial charge is 0.550 e. The first-order valence-corrected chi connectivity index (χ1v) is 12.4. The van der Waals surface area contributed by atoms with Crippen LogP contribution in [0, 0.1) is 0 Å². The maximum absolute atomic E-state index is 12.0. The Balaban J connectivity index is 3.54. The van der Waals surface area contributed by atoms with Gasteiger partial charge in [0.25, 0.3) is 0 Å². The molecule has 0 aromatic rings. The van der Waals surface area contributed by atoms with Crippen LogP contribution in [-0.2, 0) is 19.1 Å². The van der Waals surface area contributed by atoms with Gasteiger partial charge in [-0.1, -0.05) is 77.0 Å². The molecule has 0 N–H and O–H groups in total. The van der Waals surface area contributed by atoms with Crippen molar-refractivity contribution in [1.29, 1.82) is 0 Å². The Morgan fingerprint density at radius 2 is 1.19 bits per heavy atom. The number of carboxylic acids is 1. The summed E-state index contributed by atoms with van der Waals surface area (Å²) in [6, 6.07) is 0. The fourth-order valence-electron chi connectivity index (χ4n) is 3.80. The Hall–Kier alpha value is -1.43. The first kappa shape index (κ1) is 29.6. The topological polar surface area (TPSA) is 83.5 Å². The van der Waals surface area contributed by atoms with Crippen molar-refractivity contribution in [2.24, 2.45) is 0 Å². The van der Waals surface area contributed by atoms with E-state index in [1.807, 2.05) is 21.1 Å². The van der Waals surface area contributed by atoms with Crippen LogP contribution < -0.4 is 5.11 Å². The molecule has 6 nitrogen and oxygen atoms in total. The second-order valence-corrected chi connectivity index (χ2v) is 9.82. The lowest BCUT2D eigenvalue weighted by atomic mass is 10.0. The summed E-state index contributed by atoms with van der Waals surface area (Å²) in [4.78, 5) is 33.1. The first-order chi connectivity index (χ1) is 14.7. The Kier molecular flexibility index (Phi) is 18.4. The first-order valence-electron chi connectivity index (χ1n) is 12.4. The van der Waals surface area contributed by atoms with E-state index in [9.17, 15) is 19.5 Å². The third kappa shape index (κ3) is 23.1. The van der Waals surface area contributed by atoms with Gasteiger partial charge in [0.05, 0.1) is 21.1 Å². The molecule has 0 aliphatic heterocycles. The van der Waals surface area contributed by atoms with Crippen molar-refractivity contribution < 1.29 is 28.7 Å². The van der Waals surface area contributed by atoms with E-state index in [2.05, 4.69) is 0 Å². The zero-order valence-corrected chi connectivity index (χ0v) is 20.4. The number of unbranched alkanes of at least 4 members (excludes halogenated alkanes) is 14. The molecule has 31 heavy (non-hydrogen) atoms. The Morgan fingerprint density at radius 3 is 1.58 bits per heavy atom. The zero-order valence-electron chi connectivity index (χ0n) is 20.4. The van der Waals surface area contributed by atoms with Crippen LogP contribution >= 0.6 is 0 Å². The molecule has 6 heteroatoms. The summed E-state index contributed by atoms with van der Waals surface area (Å²) < 4.78 is 5.91. The predicted octanol–water partition coefficient (Wildman–Crippen LogP) is 4.18. The van der Waals surface area contributed by atoms with Crippen LogP contribution in [0.5, 0.6) is 0 Å². The van der Waals surface area contributed by atoms with Crippen LogP contribution in [0.2, 0.25) is 0 Å². The standard InChI is InChI=1S/C25H47NO5/c1-26(2,3)22-23(21-24(28)29)31-25(30)19-17-15-13-11-9-7-5-4-6-8-10-12-14-16-18-20-27/h20,23H,4-19,21-22H2,1-3H3. The average molecular weight is 442 g/mol. The molecule has 0 rings (SSSR count). The van der Waals surface area contributed by atoms with Crippen LogP contribution in [0.4, 0.5) is 0 Å². The normalized spacial score (nSPS) is 12.5. The lowest BCUT2D eigenvalue weighted by Gasteiger charge is -2.29. The van der Waals surface area contributed by atoms with Gasteiger partial charge in [-0.05, 0) is 12.8 Å². The van der Waals surface area contributed by atoms with Crippen LogP contribution in [0.3, 0.4) is 0 Å². The molecule has 0 heterocycles. The highest BCUT2D eigenvalue weighted by Crippen LogP contribution is 2.14. The van der Waals surface area contributed by atoms with E-state index in [0.717, 1.165) is 32.0 Å². The minimum atomic E-state index is -1.18. The van der Waals surface area contributed by atoms with E-state index in [0.29, 0.717) is 23.9 Å². The third-order valence-electron chi connectivity index (χ3n) is 5.40. The van der Waals surface area contributed by atoms with E-state index >= 15 is 0 Å². The Morgan fingerprint density at radius 1 is 0.774 bits per heavy atom. The molecule has 182 valence electrons. The molecule has 0 aliphatic carbocycles. The molecule has 0 aromatic heterocycles. The molecule has 1 atom stereocenters.